The molecule has 0 aliphatic heterocycles. The lowest BCUT2D eigenvalue weighted by Crippen LogP contribution is -2.00. The minimum atomic E-state index is 0.566. The first kappa shape index (κ1) is 37.9. The van der Waals surface area contributed by atoms with Crippen LogP contribution in [0.5, 0.6) is 0 Å². The molecule has 0 fully saturated rings. The van der Waals surface area contributed by atoms with E-state index < -0.39 is 0 Å². The summed E-state index contributed by atoms with van der Waals surface area (Å²) in [5.41, 5.74) is 14.6. The molecule has 0 spiro atoms. The number of furan rings is 1. The van der Waals surface area contributed by atoms with Gasteiger partial charge < -0.3 is 8.98 Å². The molecular weight excluding hydrogens is 835 g/mol. The molecule has 68 heavy (non-hydrogen) atoms. The quantitative estimate of drug-likeness (QED) is 0.159. The van der Waals surface area contributed by atoms with Crippen molar-refractivity contribution in [3.8, 4) is 68.1 Å². The molecule has 0 amide bonds. The molecule has 14 aromatic rings. The largest absolute Gasteiger partial charge is 0.456 e. The fraction of sp³-hybridized carbons (Fsp3) is 0. The highest BCUT2D eigenvalue weighted by atomic mass is 16.3. The molecule has 0 saturated heterocycles. The van der Waals surface area contributed by atoms with E-state index in [9.17, 15) is 0 Å². The number of rotatable bonds is 7. The summed E-state index contributed by atoms with van der Waals surface area (Å²) in [4.78, 5) is 20.9. The van der Waals surface area contributed by atoms with Crippen LogP contribution in [-0.4, -0.2) is 33.5 Å². The van der Waals surface area contributed by atoms with Gasteiger partial charge in [-0.15, -0.1) is 0 Å². The Balaban J connectivity index is 1.03. The number of nitrogens with zero attached hydrogens (tertiary/aromatic N) is 7. The topological polar surface area (TPSA) is 79.0 Å². The monoisotopic (exact) mass is 871 g/mol. The maximum absolute atomic E-state index is 6.65. The Morgan fingerprint density at radius 2 is 0.897 bits per heavy atom. The Bertz CT molecular complexity index is 4190. The first-order valence-corrected chi connectivity index (χ1v) is 22.7. The SMILES string of the molecule is c1ccc(-c2nc(-c3ccccc3)nc(-c3cccc4oc5ccc(-c6nc7n(-c8ccccc8)c8ccccc8n7c6-c6ccc7c(c6)c6ccccc6n7-c6ccccc6)cc5c34)n2)cc1. The van der Waals surface area contributed by atoms with Crippen molar-refractivity contribution in [3.63, 3.8) is 0 Å². The molecular formula is C60H37N7O. The number of hydrogen-bond donors (Lipinski definition) is 0. The van der Waals surface area contributed by atoms with Gasteiger partial charge in [-0.3, -0.25) is 8.97 Å². The summed E-state index contributed by atoms with van der Waals surface area (Å²) in [5.74, 6) is 2.59. The zero-order valence-electron chi connectivity index (χ0n) is 36.4. The molecule has 0 N–H and O–H groups in total. The van der Waals surface area contributed by atoms with Crippen LogP contribution >= 0.6 is 0 Å². The molecule has 0 bridgehead atoms. The molecule has 8 nitrogen and oxygen atoms in total. The minimum Gasteiger partial charge on any atom is -0.456 e. The second kappa shape index (κ2) is 15.1. The second-order valence-electron chi connectivity index (χ2n) is 17.1. The van der Waals surface area contributed by atoms with Crippen molar-refractivity contribution < 1.29 is 4.42 Å². The average Bonchev–Trinajstić information content (AvgIpc) is 4.16. The highest BCUT2D eigenvalue weighted by Crippen LogP contribution is 2.43. The normalized spacial score (nSPS) is 11.8. The summed E-state index contributed by atoms with van der Waals surface area (Å²) in [7, 11) is 0. The number of hydrogen-bond acceptors (Lipinski definition) is 5. The fourth-order valence-corrected chi connectivity index (χ4v) is 10.1. The van der Waals surface area contributed by atoms with Gasteiger partial charge in [0.25, 0.3) is 0 Å². The number of imidazole rings is 2. The Labute approximate surface area is 389 Å². The van der Waals surface area contributed by atoms with Crippen molar-refractivity contribution in [2.75, 3.05) is 0 Å². The number of fused-ring (bicyclic) bond motifs is 9. The lowest BCUT2D eigenvalue weighted by molar-refractivity contribution is 0.669. The third-order valence-corrected chi connectivity index (χ3v) is 13.1. The molecule has 0 saturated carbocycles. The van der Waals surface area contributed by atoms with E-state index >= 15 is 0 Å². The van der Waals surface area contributed by atoms with Crippen LogP contribution in [0.15, 0.2) is 229 Å². The van der Waals surface area contributed by atoms with Gasteiger partial charge in [-0.25, -0.2) is 19.9 Å². The van der Waals surface area contributed by atoms with Crippen LogP contribution < -0.4 is 0 Å². The van der Waals surface area contributed by atoms with Crippen LogP contribution in [0.4, 0.5) is 0 Å². The summed E-state index contributed by atoms with van der Waals surface area (Å²) >= 11 is 0. The van der Waals surface area contributed by atoms with Crippen molar-refractivity contribution in [2.24, 2.45) is 0 Å². The molecule has 5 aromatic heterocycles. The van der Waals surface area contributed by atoms with Gasteiger partial charge in [-0.2, -0.15) is 0 Å². The Morgan fingerprint density at radius 1 is 0.338 bits per heavy atom. The highest BCUT2D eigenvalue weighted by Gasteiger charge is 2.26. The maximum atomic E-state index is 6.65. The van der Waals surface area contributed by atoms with E-state index in [2.05, 4.69) is 165 Å². The van der Waals surface area contributed by atoms with Gasteiger partial charge in [-0.1, -0.05) is 146 Å². The molecule has 8 heteroatoms. The van der Waals surface area contributed by atoms with Gasteiger partial charge in [0.15, 0.2) is 17.5 Å². The molecule has 0 aliphatic carbocycles. The van der Waals surface area contributed by atoms with Crippen molar-refractivity contribution in [3.05, 3.63) is 224 Å². The molecule has 0 unspecified atom stereocenters. The van der Waals surface area contributed by atoms with Gasteiger partial charge >= 0.3 is 0 Å². The standard InChI is InChI=1S/C60H37N7O/c1-5-18-38(19-6-1)57-62-58(39-20-7-2-8-21-39)64-59(63-57)45-27-17-31-53-54(45)47-36-40(33-35-52(47)68-53)55-56(67-51-30-16-15-29-50(51)66(60(67)61-55)43-24-11-4-12-25-43)41-32-34-49-46(37-41)44-26-13-14-28-48(44)65(49)42-22-9-3-10-23-42/h1-37H. The molecule has 0 atom stereocenters. The number of aromatic nitrogens is 7. The van der Waals surface area contributed by atoms with Crippen LogP contribution in [0.3, 0.4) is 0 Å². The second-order valence-corrected chi connectivity index (χ2v) is 17.1. The summed E-state index contributed by atoms with van der Waals surface area (Å²) < 4.78 is 13.6. The first-order chi connectivity index (χ1) is 33.7. The predicted octanol–water partition coefficient (Wildman–Crippen LogP) is 14.8. The van der Waals surface area contributed by atoms with E-state index in [1.54, 1.807) is 0 Å². The smallest absolute Gasteiger partial charge is 0.220 e. The van der Waals surface area contributed by atoms with E-state index in [0.29, 0.717) is 17.5 Å². The molecule has 5 heterocycles. The van der Waals surface area contributed by atoms with Crippen LogP contribution in [0.25, 0.3) is 129 Å². The number of benzene rings is 9. The molecule has 9 aromatic carbocycles. The third kappa shape index (κ3) is 5.87. The van der Waals surface area contributed by atoms with Gasteiger partial charge in [0.05, 0.1) is 33.5 Å². The molecule has 14 rings (SSSR count). The zero-order chi connectivity index (χ0) is 44.7. The molecule has 0 radical (unpaired) electrons. The number of para-hydroxylation sites is 5. The van der Waals surface area contributed by atoms with Crippen LogP contribution in [-0.2, 0) is 0 Å². The van der Waals surface area contributed by atoms with E-state index in [-0.39, 0.29) is 0 Å². The van der Waals surface area contributed by atoms with E-state index in [1.807, 2.05) is 72.8 Å². The van der Waals surface area contributed by atoms with Crippen molar-refractivity contribution in [1.29, 1.82) is 0 Å². The van der Waals surface area contributed by atoms with E-state index in [4.69, 9.17) is 24.4 Å². The van der Waals surface area contributed by atoms with Crippen LogP contribution in [0.1, 0.15) is 0 Å². The average molecular weight is 872 g/mol. The van der Waals surface area contributed by atoms with E-state index in [0.717, 1.165) is 106 Å². The van der Waals surface area contributed by atoms with Gasteiger partial charge in [-0.05, 0) is 78.9 Å². The Morgan fingerprint density at radius 3 is 1.60 bits per heavy atom. The highest BCUT2D eigenvalue weighted by molar-refractivity contribution is 6.14. The summed E-state index contributed by atoms with van der Waals surface area (Å²) in [6.45, 7) is 0. The van der Waals surface area contributed by atoms with Crippen molar-refractivity contribution in [2.45, 2.75) is 0 Å². The first-order valence-electron chi connectivity index (χ1n) is 22.7. The zero-order valence-corrected chi connectivity index (χ0v) is 36.4. The predicted molar refractivity (Wildman–Crippen MR) is 274 cm³/mol. The Hall–Kier alpha value is -9.40. The van der Waals surface area contributed by atoms with Crippen LogP contribution in [0, 0.1) is 0 Å². The Kier molecular flexibility index (Phi) is 8.41. The van der Waals surface area contributed by atoms with Gasteiger partial charge in [0.1, 0.15) is 11.2 Å². The van der Waals surface area contributed by atoms with Gasteiger partial charge in [0, 0.05) is 60.7 Å². The lowest BCUT2D eigenvalue weighted by Gasteiger charge is -2.10. The summed E-state index contributed by atoms with van der Waals surface area (Å²) in [6, 6.07) is 77.9. The van der Waals surface area contributed by atoms with E-state index in [1.165, 1.54) is 5.39 Å². The van der Waals surface area contributed by atoms with Crippen molar-refractivity contribution >= 4 is 60.6 Å². The van der Waals surface area contributed by atoms with Crippen molar-refractivity contribution in [1.82, 2.24) is 33.5 Å². The van der Waals surface area contributed by atoms with Crippen LogP contribution in [0.2, 0.25) is 0 Å². The lowest BCUT2D eigenvalue weighted by atomic mass is 9.99. The summed E-state index contributed by atoms with van der Waals surface area (Å²) in [5, 5.41) is 4.22. The third-order valence-electron chi connectivity index (χ3n) is 13.1. The molecule has 318 valence electrons. The summed E-state index contributed by atoms with van der Waals surface area (Å²) in [6.07, 6.45) is 0. The maximum Gasteiger partial charge on any atom is 0.220 e. The van der Waals surface area contributed by atoms with Gasteiger partial charge in [0.2, 0.25) is 5.78 Å². The fourth-order valence-electron chi connectivity index (χ4n) is 10.1. The molecule has 0 aliphatic rings. The minimum absolute atomic E-state index is 0.566.